The Hall–Kier alpha value is -2.50. The number of fused-ring (bicyclic) bond motifs is 1. The molecule has 0 radical (unpaired) electrons. The van der Waals surface area contributed by atoms with Crippen LogP contribution in [0.3, 0.4) is 0 Å². The van der Waals surface area contributed by atoms with Crippen LogP contribution in [0.4, 0.5) is 0 Å². The van der Waals surface area contributed by atoms with E-state index in [1.54, 1.807) is 24.5 Å². The second-order valence-electron chi connectivity index (χ2n) is 6.51. The zero-order valence-electron chi connectivity index (χ0n) is 12.6. The van der Waals surface area contributed by atoms with Gasteiger partial charge in [-0.05, 0) is 42.9 Å². The van der Waals surface area contributed by atoms with Crippen molar-refractivity contribution >= 4 is 22.9 Å². The Bertz CT molecular complexity index is 797. The molecule has 1 N–H and O–H groups in total. The molecule has 2 aromatic rings. The summed E-state index contributed by atoms with van der Waals surface area (Å²) in [5.74, 6) is -0.923. The van der Waals surface area contributed by atoms with Crippen molar-refractivity contribution in [3.05, 3.63) is 36.2 Å². The number of hydrogen-bond acceptors (Lipinski definition) is 4. The second kappa shape index (κ2) is 5.01. The molecule has 1 aromatic heterocycles. The lowest BCUT2D eigenvalue weighted by molar-refractivity contribution is -0.139. The largest absolute Gasteiger partial charge is 0.481 e. The van der Waals surface area contributed by atoms with Crippen LogP contribution >= 0.6 is 0 Å². The number of rotatable bonds is 2. The molecule has 6 heteroatoms. The SMILES string of the molecule is O=C(O)C1CC12CCN(C(=O)c1ccc3nccnc3c1)CC2. The fourth-order valence-corrected chi connectivity index (χ4v) is 3.68. The number of carbonyl (C=O) groups excluding carboxylic acids is 1. The van der Waals surface area contributed by atoms with E-state index >= 15 is 0 Å². The van der Waals surface area contributed by atoms with Crippen molar-refractivity contribution in [2.45, 2.75) is 19.3 Å². The first-order valence-corrected chi connectivity index (χ1v) is 7.82. The van der Waals surface area contributed by atoms with E-state index in [9.17, 15) is 9.59 Å². The van der Waals surface area contributed by atoms with Crippen LogP contribution in [0.2, 0.25) is 0 Å². The molecular formula is C17H17N3O3. The van der Waals surface area contributed by atoms with E-state index in [1.807, 2.05) is 11.0 Å². The van der Waals surface area contributed by atoms with Gasteiger partial charge in [0.25, 0.3) is 5.91 Å². The van der Waals surface area contributed by atoms with Gasteiger partial charge in [-0.1, -0.05) is 0 Å². The number of nitrogens with zero attached hydrogens (tertiary/aromatic N) is 3. The van der Waals surface area contributed by atoms with Crippen LogP contribution in [0.1, 0.15) is 29.6 Å². The molecule has 1 atom stereocenters. The van der Waals surface area contributed by atoms with Gasteiger partial charge in [-0.2, -0.15) is 0 Å². The number of aromatic nitrogens is 2. The fourth-order valence-electron chi connectivity index (χ4n) is 3.68. The number of piperidine rings is 1. The summed E-state index contributed by atoms with van der Waals surface area (Å²) in [6.45, 7) is 1.25. The van der Waals surface area contributed by atoms with E-state index in [0.29, 0.717) is 24.2 Å². The van der Waals surface area contributed by atoms with E-state index in [1.165, 1.54) is 0 Å². The van der Waals surface area contributed by atoms with Crippen LogP contribution in [0, 0.1) is 11.3 Å². The Labute approximate surface area is 133 Å². The van der Waals surface area contributed by atoms with Gasteiger partial charge in [0.05, 0.1) is 17.0 Å². The first kappa shape index (κ1) is 14.1. The minimum absolute atomic E-state index is 0.0140. The highest BCUT2D eigenvalue weighted by molar-refractivity contribution is 5.97. The quantitative estimate of drug-likeness (QED) is 0.916. The highest BCUT2D eigenvalue weighted by Gasteiger charge is 2.59. The van der Waals surface area contributed by atoms with Gasteiger partial charge in [0, 0.05) is 31.0 Å². The number of amides is 1. The number of hydrogen-bond donors (Lipinski definition) is 1. The summed E-state index contributed by atoms with van der Waals surface area (Å²) in [5, 5.41) is 9.13. The van der Waals surface area contributed by atoms with Crippen LogP contribution in [0.15, 0.2) is 30.6 Å². The smallest absolute Gasteiger partial charge is 0.307 e. The molecule has 2 aliphatic rings. The molecule has 2 heterocycles. The maximum atomic E-state index is 12.7. The number of carbonyl (C=O) groups is 2. The molecule has 0 bridgehead atoms. The number of carboxylic acids is 1. The Balaban J connectivity index is 1.48. The summed E-state index contributed by atoms with van der Waals surface area (Å²) in [5.41, 5.74) is 2.03. The minimum atomic E-state index is -0.696. The van der Waals surface area contributed by atoms with E-state index in [-0.39, 0.29) is 17.2 Å². The lowest BCUT2D eigenvalue weighted by Crippen LogP contribution is -2.40. The minimum Gasteiger partial charge on any atom is -0.481 e. The van der Waals surface area contributed by atoms with Crippen LogP contribution < -0.4 is 0 Å². The molecule has 1 aromatic carbocycles. The molecule has 1 saturated carbocycles. The molecule has 23 heavy (non-hydrogen) atoms. The molecule has 6 nitrogen and oxygen atoms in total. The van der Waals surface area contributed by atoms with Gasteiger partial charge >= 0.3 is 5.97 Å². The molecule has 118 valence electrons. The molecule has 2 fully saturated rings. The van der Waals surface area contributed by atoms with Crippen LogP contribution in [-0.4, -0.2) is 44.9 Å². The Morgan fingerprint density at radius 3 is 2.48 bits per heavy atom. The highest BCUT2D eigenvalue weighted by Crippen LogP contribution is 2.59. The third-order valence-corrected chi connectivity index (χ3v) is 5.25. The average molecular weight is 311 g/mol. The van der Waals surface area contributed by atoms with E-state index in [0.717, 1.165) is 24.8 Å². The van der Waals surface area contributed by atoms with Crippen molar-refractivity contribution < 1.29 is 14.7 Å². The van der Waals surface area contributed by atoms with Crippen molar-refractivity contribution in [2.24, 2.45) is 11.3 Å². The Kier molecular flexibility index (Phi) is 3.07. The molecule has 1 aliphatic carbocycles. The first-order valence-electron chi connectivity index (χ1n) is 7.82. The number of likely N-dealkylation sites (tertiary alicyclic amines) is 1. The average Bonchev–Trinajstić information content (AvgIpc) is 3.28. The lowest BCUT2D eigenvalue weighted by Gasteiger charge is -2.32. The monoisotopic (exact) mass is 311 g/mol. The summed E-state index contributed by atoms with van der Waals surface area (Å²) in [6, 6.07) is 5.36. The van der Waals surface area contributed by atoms with Gasteiger partial charge in [0.15, 0.2) is 0 Å². The second-order valence-corrected chi connectivity index (χ2v) is 6.51. The molecule has 1 aliphatic heterocycles. The van der Waals surface area contributed by atoms with E-state index < -0.39 is 5.97 Å². The standard InChI is InChI=1S/C17H17N3O3/c21-15(11-1-2-13-14(9-11)19-6-5-18-13)20-7-3-17(4-8-20)10-12(17)16(22)23/h1-2,5-6,9,12H,3-4,7-8,10H2,(H,22,23). The predicted octanol–water partition coefficient (Wildman–Crippen LogP) is 1.96. The maximum absolute atomic E-state index is 12.7. The third-order valence-electron chi connectivity index (χ3n) is 5.25. The summed E-state index contributed by atoms with van der Waals surface area (Å²) >= 11 is 0. The topological polar surface area (TPSA) is 83.4 Å². The van der Waals surface area contributed by atoms with Crippen LogP contribution in [0.25, 0.3) is 11.0 Å². The number of carboxylic acid groups (broad SMARTS) is 1. The van der Waals surface area contributed by atoms with E-state index in [4.69, 9.17) is 5.11 Å². The van der Waals surface area contributed by atoms with Crippen molar-refractivity contribution in [3.63, 3.8) is 0 Å². The molecule has 1 saturated heterocycles. The highest BCUT2D eigenvalue weighted by atomic mass is 16.4. The lowest BCUT2D eigenvalue weighted by atomic mass is 9.90. The summed E-state index contributed by atoms with van der Waals surface area (Å²) in [6.07, 6.45) is 5.56. The Morgan fingerprint density at radius 1 is 1.13 bits per heavy atom. The molecule has 1 unspecified atom stereocenters. The predicted molar refractivity (Wildman–Crippen MR) is 82.9 cm³/mol. The normalized spacial score (nSPS) is 22.3. The van der Waals surface area contributed by atoms with Crippen molar-refractivity contribution in [2.75, 3.05) is 13.1 Å². The van der Waals surface area contributed by atoms with Gasteiger partial charge in [0.1, 0.15) is 0 Å². The maximum Gasteiger partial charge on any atom is 0.307 e. The van der Waals surface area contributed by atoms with Gasteiger partial charge in [-0.15, -0.1) is 0 Å². The number of benzene rings is 1. The Morgan fingerprint density at radius 2 is 1.83 bits per heavy atom. The molecule has 4 rings (SSSR count). The fraction of sp³-hybridized carbons (Fsp3) is 0.412. The van der Waals surface area contributed by atoms with E-state index in [2.05, 4.69) is 9.97 Å². The summed E-state index contributed by atoms with van der Waals surface area (Å²) in [4.78, 5) is 34.0. The molecular weight excluding hydrogens is 294 g/mol. The summed E-state index contributed by atoms with van der Waals surface area (Å²) < 4.78 is 0. The van der Waals surface area contributed by atoms with Crippen molar-refractivity contribution in [1.29, 1.82) is 0 Å². The van der Waals surface area contributed by atoms with Gasteiger partial charge < -0.3 is 10.0 Å². The van der Waals surface area contributed by atoms with Crippen molar-refractivity contribution in [1.82, 2.24) is 14.9 Å². The van der Waals surface area contributed by atoms with Crippen molar-refractivity contribution in [3.8, 4) is 0 Å². The third kappa shape index (κ3) is 2.34. The molecule has 1 amide bonds. The zero-order valence-corrected chi connectivity index (χ0v) is 12.6. The molecule has 1 spiro atoms. The van der Waals surface area contributed by atoms with Gasteiger partial charge in [-0.25, -0.2) is 0 Å². The number of aliphatic carboxylic acids is 1. The zero-order chi connectivity index (χ0) is 16.0. The van der Waals surface area contributed by atoms with Crippen LogP contribution in [0.5, 0.6) is 0 Å². The van der Waals surface area contributed by atoms with Crippen LogP contribution in [-0.2, 0) is 4.79 Å². The summed E-state index contributed by atoms with van der Waals surface area (Å²) in [7, 11) is 0. The first-order chi connectivity index (χ1) is 11.1. The van der Waals surface area contributed by atoms with Gasteiger partial charge in [-0.3, -0.25) is 19.6 Å². The van der Waals surface area contributed by atoms with Gasteiger partial charge in [0.2, 0.25) is 0 Å².